The smallest absolute Gasteiger partial charge is 0.248 e. The van der Waals surface area contributed by atoms with Crippen molar-refractivity contribution in [1.29, 1.82) is 0 Å². The molecular weight excluding hydrogens is 522 g/mol. The first-order chi connectivity index (χ1) is 14.5. The lowest BCUT2D eigenvalue weighted by Crippen LogP contribution is -2.47. The van der Waals surface area contributed by atoms with Crippen molar-refractivity contribution in [3.8, 4) is 0 Å². The van der Waals surface area contributed by atoms with E-state index in [0.29, 0.717) is 44.1 Å². The molecule has 2 rings (SSSR count). The van der Waals surface area contributed by atoms with E-state index >= 15 is 0 Å². The Morgan fingerprint density at radius 2 is 1.55 bits per heavy atom. The van der Waals surface area contributed by atoms with Gasteiger partial charge in [0, 0.05) is 40.3 Å². The van der Waals surface area contributed by atoms with Crippen LogP contribution < -0.4 is 10.9 Å². The molecule has 0 aromatic heterocycles. The van der Waals surface area contributed by atoms with Crippen LogP contribution in [0.4, 0.5) is 0 Å². The van der Waals surface area contributed by atoms with Crippen LogP contribution in [0.1, 0.15) is 24.8 Å². The van der Waals surface area contributed by atoms with Crippen LogP contribution in [0.2, 0.25) is 10.0 Å². The summed E-state index contributed by atoms with van der Waals surface area (Å²) in [4.78, 5) is 25.0. The van der Waals surface area contributed by atoms with Gasteiger partial charge in [-0.1, -0.05) is 70.8 Å². The fourth-order valence-corrected chi connectivity index (χ4v) is 3.95. The third kappa shape index (κ3) is 7.30. The van der Waals surface area contributed by atoms with Gasteiger partial charge in [-0.05, 0) is 37.1 Å². The van der Waals surface area contributed by atoms with Gasteiger partial charge in [0.05, 0.1) is 5.02 Å². The van der Waals surface area contributed by atoms with E-state index in [-0.39, 0.29) is 9.98 Å². The summed E-state index contributed by atoms with van der Waals surface area (Å²) in [5.74, 6) is -1.16. The molecule has 166 valence electrons. The van der Waals surface area contributed by atoms with Crippen molar-refractivity contribution in [2.75, 3.05) is 14.1 Å². The van der Waals surface area contributed by atoms with Crippen LogP contribution in [0, 0.1) is 0 Å². The van der Waals surface area contributed by atoms with E-state index in [2.05, 4.69) is 10.9 Å². The predicted molar refractivity (Wildman–Crippen MR) is 133 cm³/mol. The summed E-state index contributed by atoms with van der Waals surface area (Å²) in [6.07, 6.45) is 2.41. The summed E-state index contributed by atoms with van der Waals surface area (Å²) < 4.78 is 0. The number of likely N-dealkylation sites (N-methyl/N-ethyl adjacent to an activating group) is 1. The van der Waals surface area contributed by atoms with Crippen molar-refractivity contribution < 1.29 is 9.59 Å². The summed E-state index contributed by atoms with van der Waals surface area (Å²) in [6.45, 7) is 0. The largest absolute Gasteiger partial charge is 0.277 e. The lowest BCUT2D eigenvalue weighted by Gasteiger charge is -2.24. The monoisotopic (exact) mass is 538 g/mol. The lowest BCUT2D eigenvalue weighted by molar-refractivity contribution is -0.132. The summed E-state index contributed by atoms with van der Waals surface area (Å²) in [7, 11) is 3.08. The molecule has 2 N–H and O–H groups in total. The van der Waals surface area contributed by atoms with E-state index in [4.69, 9.17) is 70.8 Å². The molecule has 0 saturated heterocycles. The predicted octanol–water partition coefficient (Wildman–Crippen LogP) is 4.72. The van der Waals surface area contributed by atoms with Crippen molar-refractivity contribution in [3.05, 3.63) is 55.5 Å². The van der Waals surface area contributed by atoms with Crippen LogP contribution in [0.5, 0.6) is 0 Å². The molecule has 0 radical (unpaired) electrons. The van der Waals surface area contributed by atoms with Crippen molar-refractivity contribution >= 4 is 92.6 Å². The molecule has 1 aromatic rings. The number of allylic oxidation sites excluding steroid dienone is 2. The zero-order valence-electron chi connectivity index (χ0n) is 16.5. The van der Waals surface area contributed by atoms with Crippen molar-refractivity contribution in [1.82, 2.24) is 20.9 Å². The molecular formula is C19H18Cl4N4O2S2. The summed E-state index contributed by atoms with van der Waals surface area (Å²) in [6, 6.07) is 4.81. The number of hydrazine groups is 2. The molecule has 0 saturated carbocycles. The molecule has 1 aliphatic carbocycles. The normalized spacial score (nSPS) is 13.3. The minimum absolute atomic E-state index is 0.238. The third-order valence-electron chi connectivity index (χ3n) is 4.08. The molecule has 2 amide bonds. The van der Waals surface area contributed by atoms with Gasteiger partial charge in [0.15, 0.2) is 0 Å². The number of amides is 2. The van der Waals surface area contributed by atoms with Crippen LogP contribution in [0.25, 0.3) is 0 Å². The highest BCUT2D eigenvalue weighted by atomic mass is 35.5. The number of hydrogen-bond acceptors (Lipinski definition) is 4. The Hall–Kier alpha value is -1.42. The quantitative estimate of drug-likeness (QED) is 0.328. The van der Waals surface area contributed by atoms with E-state index < -0.39 is 18.2 Å². The van der Waals surface area contributed by atoms with Crippen LogP contribution in [-0.4, -0.2) is 45.9 Å². The second kappa shape index (κ2) is 11.4. The molecule has 0 spiro atoms. The number of carbonyl (C=O) groups excluding carboxylic acids is 2. The minimum atomic E-state index is -0.585. The second-order valence-corrected chi connectivity index (χ2v) is 9.07. The highest BCUT2D eigenvalue weighted by Crippen LogP contribution is 2.29. The number of carbonyl (C=O) groups is 2. The number of halogens is 4. The zero-order chi connectivity index (χ0) is 23.3. The van der Waals surface area contributed by atoms with E-state index in [0.717, 1.165) is 0 Å². The fraction of sp³-hybridized carbons (Fsp3) is 0.263. The standard InChI is InChI=1S/C19H18Cl4N4O2S2/c1-26(18(30)12-7-10(20)3-5-14(12)22)24-16(28)9-17(29)25-27(2)19(31)13-8-11(21)4-6-15(13)23/h3,5,7-8H,4,6,9H2,1-2H3,(H,24,28)(H,25,29). The van der Waals surface area contributed by atoms with Crippen molar-refractivity contribution in [2.24, 2.45) is 0 Å². The summed E-state index contributed by atoms with van der Waals surface area (Å²) in [5, 5.41) is 4.62. The van der Waals surface area contributed by atoms with Crippen LogP contribution in [0.3, 0.4) is 0 Å². The Morgan fingerprint density at radius 3 is 2.16 bits per heavy atom. The maximum Gasteiger partial charge on any atom is 0.248 e. The SMILES string of the molecule is CN(NC(=O)CC(=O)NN(C)C(=S)c1cc(Cl)ccc1Cl)C(=S)C1=C(Cl)CCC(Cl)=C1. The van der Waals surface area contributed by atoms with Gasteiger partial charge in [0.1, 0.15) is 16.4 Å². The van der Waals surface area contributed by atoms with Gasteiger partial charge in [-0.15, -0.1) is 0 Å². The Kier molecular flexibility index (Phi) is 9.54. The molecule has 0 heterocycles. The van der Waals surface area contributed by atoms with E-state index in [1.54, 1.807) is 31.3 Å². The van der Waals surface area contributed by atoms with E-state index in [9.17, 15) is 9.59 Å². The topological polar surface area (TPSA) is 64.7 Å². The minimum Gasteiger partial charge on any atom is -0.277 e. The maximum atomic E-state index is 12.3. The first kappa shape index (κ1) is 25.8. The molecule has 12 heteroatoms. The second-order valence-electron chi connectivity index (χ2n) is 6.51. The first-order valence-electron chi connectivity index (χ1n) is 8.84. The third-order valence-corrected chi connectivity index (χ3v) is 6.32. The molecule has 0 unspecified atom stereocenters. The number of benzene rings is 1. The molecule has 0 bridgehead atoms. The van der Waals surface area contributed by atoms with E-state index in [1.807, 2.05) is 0 Å². The van der Waals surface area contributed by atoms with Crippen LogP contribution in [0.15, 0.2) is 39.9 Å². The summed E-state index contributed by atoms with van der Waals surface area (Å²) >= 11 is 35.1. The van der Waals surface area contributed by atoms with Gasteiger partial charge in [0.2, 0.25) is 11.8 Å². The maximum absolute atomic E-state index is 12.3. The average Bonchev–Trinajstić information content (AvgIpc) is 2.70. The Morgan fingerprint density at radius 1 is 0.968 bits per heavy atom. The number of thiocarbonyl (C=S) groups is 2. The Bertz CT molecular complexity index is 997. The molecule has 0 aliphatic heterocycles. The van der Waals surface area contributed by atoms with Crippen molar-refractivity contribution in [3.63, 3.8) is 0 Å². The van der Waals surface area contributed by atoms with Gasteiger partial charge in [-0.2, -0.15) is 0 Å². The molecule has 31 heavy (non-hydrogen) atoms. The van der Waals surface area contributed by atoms with Gasteiger partial charge in [-0.3, -0.25) is 30.5 Å². The molecule has 0 atom stereocenters. The van der Waals surface area contributed by atoms with Crippen LogP contribution >= 0.6 is 70.8 Å². The number of nitrogens with one attached hydrogen (secondary N) is 2. The number of nitrogens with zero attached hydrogens (tertiary/aromatic N) is 2. The lowest BCUT2D eigenvalue weighted by atomic mass is 10.1. The first-order valence-corrected chi connectivity index (χ1v) is 11.2. The average molecular weight is 540 g/mol. The van der Waals surface area contributed by atoms with Gasteiger partial charge < -0.3 is 0 Å². The molecule has 6 nitrogen and oxygen atoms in total. The summed E-state index contributed by atoms with van der Waals surface area (Å²) in [5.41, 5.74) is 6.08. The number of hydrogen-bond donors (Lipinski definition) is 2. The van der Waals surface area contributed by atoms with E-state index in [1.165, 1.54) is 17.1 Å². The van der Waals surface area contributed by atoms with Crippen LogP contribution in [-0.2, 0) is 9.59 Å². The molecule has 1 aromatic carbocycles. The zero-order valence-corrected chi connectivity index (χ0v) is 21.1. The highest BCUT2D eigenvalue weighted by molar-refractivity contribution is 7.81. The van der Waals surface area contributed by atoms with Gasteiger partial charge in [-0.25, -0.2) is 0 Å². The van der Waals surface area contributed by atoms with Gasteiger partial charge >= 0.3 is 0 Å². The Balaban J connectivity index is 1.92. The number of rotatable bonds is 4. The Labute approximate surface area is 211 Å². The molecule has 1 aliphatic rings. The molecule has 0 fully saturated rings. The highest BCUT2D eigenvalue weighted by Gasteiger charge is 2.20. The van der Waals surface area contributed by atoms with Gasteiger partial charge in [0.25, 0.3) is 0 Å². The van der Waals surface area contributed by atoms with Crippen molar-refractivity contribution in [2.45, 2.75) is 19.3 Å². The fourth-order valence-electron chi connectivity index (χ4n) is 2.57.